The van der Waals surface area contributed by atoms with E-state index in [1.807, 2.05) is 36.4 Å². The van der Waals surface area contributed by atoms with E-state index in [-0.39, 0.29) is 4.90 Å². The maximum absolute atomic E-state index is 12.9. The highest BCUT2D eigenvalue weighted by Gasteiger charge is 2.20. The van der Waals surface area contributed by atoms with Crippen LogP contribution in [0.5, 0.6) is 0 Å². The molecule has 0 saturated carbocycles. The van der Waals surface area contributed by atoms with E-state index in [1.54, 1.807) is 43.3 Å². The van der Waals surface area contributed by atoms with Gasteiger partial charge >= 0.3 is 0 Å². The van der Waals surface area contributed by atoms with Crippen molar-refractivity contribution in [3.8, 4) is 11.1 Å². The van der Waals surface area contributed by atoms with Gasteiger partial charge in [0.2, 0.25) is 9.84 Å². The van der Waals surface area contributed by atoms with Gasteiger partial charge in [0.05, 0.1) is 9.79 Å². The molecule has 0 radical (unpaired) electrons. The molecule has 0 atom stereocenters. The summed E-state index contributed by atoms with van der Waals surface area (Å²) in [5.41, 5.74) is 8.94. The molecule has 3 aromatic rings. The average molecular weight is 323 g/mol. The molecule has 0 aliphatic rings. The second-order valence-electron chi connectivity index (χ2n) is 5.38. The largest absolute Gasteiger partial charge is 0.398 e. The van der Waals surface area contributed by atoms with Crippen LogP contribution in [0.1, 0.15) is 5.56 Å². The number of sulfone groups is 1. The van der Waals surface area contributed by atoms with Gasteiger partial charge in [0.1, 0.15) is 0 Å². The highest BCUT2D eigenvalue weighted by molar-refractivity contribution is 7.91. The third kappa shape index (κ3) is 2.85. The van der Waals surface area contributed by atoms with E-state index in [4.69, 9.17) is 5.73 Å². The van der Waals surface area contributed by atoms with Gasteiger partial charge in [0.15, 0.2) is 0 Å². The van der Waals surface area contributed by atoms with Gasteiger partial charge in [-0.25, -0.2) is 8.42 Å². The molecule has 2 N–H and O–H groups in total. The molecule has 0 spiro atoms. The summed E-state index contributed by atoms with van der Waals surface area (Å²) in [4.78, 5) is 0.573. The summed E-state index contributed by atoms with van der Waals surface area (Å²) in [7, 11) is -3.57. The van der Waals surface area contributed by atoms with Gasteiger partial charge in [0.25, 0.3) is 0 Å². The first-order chi connectivity index (χ1) is 11.0. The van der Waals surface area contributed by atoms with Crippen LogP contribution in [0, 0.1) is 6.92 Å². The second-order valence-corrected chi connectivity index (χ2v) is 7.30. The Morgan fingerprint density at radius 1 is 0.826 bits per heavy atom. The third-order valence-corrected chi connectivity index (χ3v) is 5.71. The van der Waals surface area contributed by atoms with Crippen molar-refractivity contribution in [1.82, 2.24) is 0 Å². The zero-order chi connectivity index (χ0) is 16.4. The van der Waals surface area contributed by atoms with Gasteiger partial charge in [-0.2, -0.15) is 0 Å². The van der Waals surface area contributed by atoms with E-state index < -0.39 is 9.84 Å². The molecule has 0 aromatic heterocycles. The molecule has 0 saturated heterocycles. The fraction of sp³-hybridized carbons (Fsp3) is 0.0526. The number of benzene rings is 3. The Hall–Kier alpha value is -2.59. The lowest BCUT2D eigenvalue weighted by Gasteiger charge is -2.11. The number of rotatable bonds is 3. The first kappa shape index (κ1) is 15.3. The zero-order valence-corrected chi connectivity index (χ0v) is 13.5. The van der Waals surface area contributed by atoms with Crippen molar-refractivity contribution in [2.45, 2.75) is 16.7 Å². The first-order valence-electron chi connectivity index (χ1n) is 7.26. The molecule has 0 unspecified atom stereocenters. The van der Waals surface area contributed by atoms with Crippen molar-refractivity contribution >= 4 is 15.5 Å². The predicted octanol–water partition coefficient (Wildman–Crippen LogP) is 4.08. The predicted molar refractivity (Wildman–Crippen MR) is 92.9 cm³/mol. The average Bonchev–Trinajstić information content (AvgIpc) is 2.56. The molecule has 0 aliphatic heterocycles. The molecule has 23 heavy (non-hydrogen) atoms. The number of hydrogen-bond acceptors (Lipinski definition) is 3. The minimum atomic E-state index is -3.57. The normalized spacial score (nSPS) is 11.3. The summed E-state index contributed by atoms with van der Waals surface area (Å²) >= 11 is 0. The molecule has 0 bridgehead atoms. The van der Waals surface area contributed by atoms with Crippen LogP contribution >= 0.6 is 0 Å². The molecule has 0 heterocycles. The second kappa shape index (κ2) is 5.89. The van der Waals surface area contributed by atoms with Crippen LogP contribution in [-0.2, 0) is 9.84 Å². The fourth-order valence-corrected chi connectivity index (χ4v) is 4.08. The summed E-state index contributed by atoms with van der Waals surface area (Å²) in [5, 5.41) is 0. The van der Waals surface area contributed by atoms with Gasteiger partial charge < -0.3 is 5.73 Å². The quantitative estimate of drug-likeness (QED) is 0.739. The summed E-state index contributed by atoms with van der Waals surface area (Å²) in [6.45, 7) is 1.79. The molecule has 0 fully saturated rings. The Labute approximate surface area is 136 Å². The standard InChI is InChI=1S/C19H17NO2S/c1-14-7-5-6-10-19(14)23(21,22)16-11-12-18(20)17(13-16)15-8-3-2-4-9-15/h2-13H,20H2,1H3. The van der Waals surface area contributed by atoms with Crippen molar-refractivity contribution in [3.63, 3.8) is 0 Å². The summed E-state index contributed by atoms with van der Waals surface area (Å²) < 4.78 is 25.8. The molecule has 116 valence electrons. The van der Waals surface area contributed by atoms with Gasteiger partial charge in [-0.1, -0.05) is 48.5 Å². The molecular weight excluding hydrogens is 306 g/mol. The fourth-order valence-electron chi connectivity index (χ4n) is 2.56. The minimum absolute atomic E-state index is 0.250. The molecule has 0 amide bonds. The highest BCUT2D eigenvalue weighted by Crippen LogP contribution is 2.31. The number of nitrogens with two attached hydrogens (primary N) is 1. The van der Waals surface area contributed by atoms with E-state index in [9.17, 15) is 8.42 Å². The molecule has 3 nitrogen and oxygen atoms in total. The Balaban J connectivity index is 2.17. The van der Waals surface area contributed by atoms with Crippen molar-refractivity contribution < 1.29 is 8.42 Å². The van der Waals surface area contributed by atoms with Crippen molar-refractivity contribution in [2.24, 2.45) is 0 Å². The Kier molecular flexibility index (Phi) is 3.92. The first-order valence-corrected chi connectivity index (χ1v) is 8.74. The number of anilines is 1. The number of hydrogen-bond donors (Lipinski definition) is 1. The lowest BCUT2D eigenvalue weighted by molar-refractivity contribution is 0.595. The molecule has 4 heteroatoms. The molecule has 3 rings (SSSR count). The minimum Gasteiger partial charge on any atom is -0.398 e. The SMILES string of the molecule is Cc1ccccc1S(=O)(=O)c1ccc(N)c(-c2ccccc2)c1. The van der Waals surface area contributed by atoms with E-state index >= 15 is 0 Å². The lowest BCUT2D eigenvalue weighted by Crippen LogP contribution is -2.05. The van der Waals surface area contributed by atoms with Crippen LogP contribution < -0.4 is 5.73 Å². The Morgan fingerprint density at radius 2 is 1.48 bits per heavy atom. The van der Waals surface area contributed by atoms with Crippen molar-refractivity contribution in [1.29, 1.82) is 0 Å². The monoisotopic (exact) mass is 323 g/mol. The highest BCUT2D eigenvalue weighted by atomic mass is 32.2. The van der Waals surface area contributed by atoms with Crippen LogP contribution in [0.3, 0.4) is 0 Å². The van der Waals surface area contributed by atoms with E-state index in [0.717, 1.165) is 16.7 Å². The van der Waals surface area contributed by atoms with E-state index in [0.29, 0.717) is 10.6 Å². The van der Waals surface area contributed by atoms with Gasteiger partial charge in [0, 0.05) is 11.3 Å². The lowest BCUT2D eigenvalue weighted by atomic mass is 10.0. The van der Waals surface area contributed by atoms with Crippen LogP contribution in [0.15, 0.2) is 82.6 Å². The summed E-state index contributed by atoms with van der Waals surface area (Å²) in [5.74, 6) is 0. The van der Waals surface area contributed by atoms with Gasteiger partial charge in [-0.15, -0.1) is 0 Å². The molecule has 0 aliphatic carbocycles. The van der Waals surface area contributed by atoms with Gasteiger partial charge in [-0.3, -0.25) is 0 Å². The van der Waals surface area contributed by atoms with Crippen molar-refractivity contribution in [2.75, 3.05) is 5.73 Å². The maximum atomic E-state index is 12.9. The van der Waals surface area contributed by atoms with Crippen molar-refractivity contribution in [3.05, 3.63) is 78.4 Å². The van der Waals surface area contributed by atoms with E-state index in [1.165, 1.54) is 0 Å². The third-order valence-electron chi connectivity index (χ3n) is 3.80. The number of nitrogen functional groups attached to an aromatic ring is 1. The van der Waals surface area contributed by atoms with Crippen LogP contribution in [0.2, 0.25) is 0 Å². The Morgan fingerprint density at radius 3 is 2.17 bits per heavy atom. The Bertz CT molecular complexity index is 948. The van der Waals surface area contributed by atoms with E-state index in [2.05, 4.69) is 0 Å². The smallest absolute Gasteiger partial charge is 0.206 e. The topological polar surface area (TPSA) is 60.2 Å². The number of aryl methyl sites for hydroxylation is 1. The van der Waals surface area contributed by atoms with Gasteiger partial charge in [-0.05, 0) is 42.3 Å². The molecular formula is C19H17NO2S. The summed E-state index contributed by atoms with van der Waals surface area (Å²) in [6, 6.07) is 21.4. The van der Waals surface area contributed by atoms with Crippen LogP contribution in [-0.4, -0.2) is 8.42 Å². The maximum Gasteiger partial charge on any atom is 0.206 e. The molecule has 3 aromatic carbocycles. The van der Waals surface area contributed by atoms with Crippen LogP contribution in [0.25, 0.3) is 11.1 Å². The summed E-state index contributed by atoms with van der Waals surface area (Å²) in [6.07, 6.45) is 0. The van der Waals surface area contributed by atoms with Crippen LogP contribution in [0.4, 0.5) is 5.69 Å². The zero-order valence-electron chi connectivity index (χ0n) is 12.7.